The van der Waals surface area contributed by atoms with Crippen LogP contribution in [-0.4, -0.2) is 46.7 Å². The molecule has 1 aromatic carbocycles. The van der Waals surface area contributed by atoms with Crippen LogP contribution >= 0.6 is 0 Å². The number of aromatic nitrogens is 2. The second kappa shape index (κ2) is 11.9. The van der Waals surface area contributed by atoms with E-state index in [0.29, 0.717) is 34.9 Å². The van der Waals surface area contributed by atoms with E-state index in [1.54, 1.807) is 16.7 Å². The first-order valence-electron chi connectivity index (χ1n) is 11.0. The van der Waals surface area contributed by atoms with Crippen LogP contribution in [-0.2, 0) is 6.54 Å². The lowest BCUT2D eigenvalue weighted by Crippen LogP contribution is -2.31. The summed E-state index contributed by atoms with van der Waals surface area (Å²) in [6, 6.07) is 7.60. The van der Waals surface area contributed by atoms with Gasteiger partial charge in [-0.15, -0.1) is 0 Å². The molecule has 9 nitrogen and oxygen atoms in total. The average Bonchev–Trinajstić information content (AvgIpc) is 2.82. The molecule has 0 fully saturated rings. The number of hydrogen-bond acceptors (Lipinski definition) is 7. The molecule has 0 amide bonds. The summed E-state index contributed by atoms with van der Waals surface area (Å²) in [5.41, 5.74) is 9.00. The highest BCUT2D eigenvalue weighted by molar-refractivity contribution is 5.93. The lowest BCUT2D eigenvalue weighted by atomic mass is 10.1. The zero-order valence-corrected chi connectivity index (χ0v) is 19.7. The van der Waals surface area contributed by atoms with Crippen molar-refractivity contribution in [3.8, 4) is 5.69 Å². The molecule has 1 aliphatic rings. The minimum absolute atomic E-state index is 0.163. The molecular weight excluding hydrogens is 430 g/mol. The molecule has 1 unspecified atom stereocenters. The van der Waals surface area contributed by atoms with Crippen LogP contribution in [0, 0.1) is 6.92 Å². The first kappa shape index (κ1) is 24.8. The molecule has 0 spiro atoms. The number of benzene rings is 1. The third-order valence-electron chi connectivity index (χ3n) is 5.34. The molecule has 0 aliphatic carbocycles. The Balaban J connectivity index is 2.09. The summed E-state index contributed by atoms with van der Waals surface area (Å²) in [7, 11) is 1.82. The molecule has 0 saturated carbocycles. The van der Waals surface area contributed by atoms with E-state index >= 15 is 0 Å². The van der Waals surface area contributed by atoms with Gasteiger partial charge in [-0.25, -0.2) is 4.98 Å². The highest BCUT2D eigenvalue weighted by Crippen LogP contribution is 2.17. The topological polar surface area (TPSA) is 130 Å². The number of aliphatic hydroxyl groups excluding tert-OH is 1. The fraction of sp³-hybridized carbons (Fsp3) is 0.280. The van der Waals surface area contributed by atoms with Crippen LogP contribution in [0.4, 0.5) is 0 Å². The highest BCUT2D eigenvalue weighted by atomic mass is 16.3. The summed E-state index contributed by atoms with van der Waals surface area (Å²) < 4.78 is 1.57. The molecule has 2 heterocycles. The number of aryl methyl sites for hydroxylation is 1. The fourth-order valence-corrected chi connectivity index (χ4v) is 3.50. The molecule has 9 heteroatoms. The molecule has 1 aliphatic heterocycles. The number of hydrogen-bond donors (Lipinski definition) is 4. The standard InChI is InChI=1S/C25H31N7O2/c1-4-5-9-18(15-33)20-13-29-24(32(25(20)34)21-10-7-6-8-17(21)2)14-28-23-12-19(27-3)11-22(26)30-16-31-23/h4-11,13,16,22,27,33H,12,14-15,26H2,1-3H3,(H,28,30,31). The van der Waals surface area contributed by atoms with Crippen molar-refractivity contribution < 1.29 is 5.11 Å². The van der Waals surface area contributed by atoms with Crippen molar-refractivity contribution in [2.45, 2.75) is 33.0 Å². The Morgan fingerprint density at radius 2 is 2.21 bits per heavy atom. The normalized spacial score (nSPS) is 17.9. The predicted molar refractivity (Wildman–Crippen MR) is 137 cm³/mol. The number of nitrogens with zero attached hydrogens (tertiary/aromatic N) is 4. The Morgan fingerprint density at radius 1 is 1.41 bits per heavy atom. The SMILES string of the molecule is CC=CC=C(CO)c1cnc(CN=C2CC(NC)=CC(N)N=CN2)n(-c2ccccc2C)c1=O. The lowest BCUT2D eigenvalue weighted by molar-refractivity contribution is 0.350. The Kier molecular flexibility index (Phi) is 8.66. The maximum atomic E-state index is 13.6. The second-order valence-corrected chi connectivity index (χ2v) is 7.69. The van der Waals surface area contributed by atoms with Crippen molar-refractivity contribution in [3.05, 3.63) is 87.8 Å². The van der Waals surface area contributed by atoms with Crippen molar-refractivity contribution >= 4 is 17.7 Å². The molecule has 0 bridgehead atoms. The van der Waals surface area contributed by atoms with Gasteiger partial charge in [0.25, 0.3) is 5.56 Å². The molecule has 0 saturated heterocycles. The molecule has 5 N–H and O–H groups in total. The number of aliphatic imine (C=N–C) groups is 2. The van der Waals surface area contributed by atoms with Gasteiger partial charge in [-0.1, -0.05) is 36.4 Å². The van der Waals surface area contributed by atoms with E-state index in [-0.39, 0.29) is 18.7 Å². The Morgan fingerprint density at radius 3 is 2.91 bits per heavy atom. The molecule has 3 rings (SSSR count). The number of nitrogens with one attached hydrogen (secondary N) is 2. The summed E-state index contributed by atoms with van der Waals surface area (Å²) in [5, 5.41) is 16.0. The zero-order valence-electron chi connectivity index (χ0n) is 19.7. The van der Waals surface area contributed by atoms with E-state index in [2.05, 4.69) is 25.6 Å². The minimum Gasteiger partial charge on any atom is -0.392 e. The largest absolute Gasteiger partial charge is 0.392 e. The van der Waals surface area contributed by atoms with Gasteiger partial charge in [0.2, 0.25) is 0 Å². The van der Waals surface area contributed by atoms with Gasteiger partial charge >= 0.3 is 0 Å². The Labute approximate surface area is 199 Å². The molecule has 2 aromatic rings. The Hall–Kier alpha value is -3.82. The van der Waals surface area contributed by atoms with Gasteiger partial charge in [0.05, 0.1) is 30.7 Å². The predicted octanol–water partition coefficient (Wildman–Crippen LogP) is 1.80. The maximum absolute atomic E-state index is 13.6. The first-order valence-corrected chi connectivity index (χ1v) is 11.0. The van der Waals surface area contributed by atoms with Gasteiger partial charge in [-0.3, -0.25) is 19.3 Å². The monoisotopic (exact) mass is 461 g/mol. The fourth-order valence-electron chi connectivity index (χ4n) is 3.50. The van der Waals surface area contributed by atoms with E-state index < -0.39 is 6.17 Å². The minimum atomic E-state index is -0.437. The van der Waals surface area contributed by atoms with Crippen LogP contribution in [0.15, 0.2) is 75.2 Å². The van der Waals surface area contributed by atoms with Crippen LogP contribution in [0.3, 0.4) is 0 Å². The van der Waals surface area contributed by atoms with Crippen molar-refractivity contribution in [2.24, 2.45) is 15.7 Å². The van der Waals surface area contributed by atoms with Gasteiger partial charge in [0, 0.05) is 25.4 Å². The van der Waals surface area contributed by atoms with E-state index in [4.69, 9.17) is 5.73 Å². The van der Waals surface area contributed by atoms with Gasteiger partial charge in [0.1, 0.15) is 17.8 Å². The molecule has 178 valence electrons. The molecule has 1 aromatic heterocycles. The third kappa shape index (κ3) is 5.94. The van der Waals surface area contributed by atoms with E-state index in [9.17, 15) is 9.90 Å². The van der Waals surface area contributed by atoms with Crippen LogP contribution in [0.2, 0.25) is 0 Å². The number of para-hydroxylation sites is 1. The van der Waals surface area contributed by atoms with Gasteiger partial charge in [-0.05, 0) is 37.1 Å². The smallest absolute Gasteiger partial charge is 0.265 e. The number of nitrogens with two attached hydrogens (primary N) is 1. The van der Waals surface area contributed by atoms with Crippen molar-refractivity contribution in [3.63, 3.8) is 0 Å². The lowest BCUT2D eigenvalue weighted by Gasteiger charge is -2.17. The van der Waals surface area contributed by atoms with Crippen molar-refractivity contribution in [1.29, 1.82) is 0 Å². The number of allylic oxidation sites excluding steroid dienone is 3. The summed E-state index contributed by atoms with van der Waals surface area (Å²) in [5.74, 6) is 1.14. The summed E-state index contributed by atoms with van der Waals surface area (Å²) >= 11 is 0. The van der Waals surface area contributed by atoms with Crippen molar-refractivity contribution in [2.75, 3.05) is 13.7 Å². The Bertz CT molecular complexity index is 1220. The van der Waals surface area contributed by atoms with Gasteiger partial charge in [-0.2, -0.15) is 0 Å². The van der Waals surface area contributed by atoms with Crippen LogP contribution in [0.1, 0.15) is 30.3 Å². The highest BCUT2D eigenvalue weighted by Gasteiger charge is 2.16. The second-order valence-electron chi connectivity index (χ2n) is 7.69. The zero-order chi connectivity index (χ0) is 24.5. The molecule has 0 radical (unpaired) electrons. The molecular formula is C25H31N7O2. The molecule has 1 atom stereocenters. The van der Waals surface area contributed by atoms with E-state index in [1.165, 1.54) is 12.5 Å². The van der Waals surface area contributed by atoms with Crippen molar-refractivity contribution in [1.82, 2.24) is 20.2 Å². The van der Waals surface area contributed by atoms with E-state index in [0.717, 1.165) is 11.3 Å². The summed E-state index contributed by atoms with van der Waals surface area (Å²) in [4.78, 5) is 27.1. The van der Waals surface area contributed by atoms with Crippen LogP contribution < -0.4 is 21.9 Å². The summed E-state index contributed by atoms with van der Waals surface area (Å²) in [6.45, 7) is 3.69. The summed E-state index contributed by atoms with van der Waals surface area (Å²) in [6.07, 6.45) is 10.3. The first-order chi connectivity index (χ1) is 16.5. The van der Waals surface area contributed by atoms with Crippen LogP contribution in [0.25, 0.3) is 11.3 Å². The molecule has 34 heavy (non-hydrogen) atoms. The van der Waals surface area contributed by atoms with Gasteiger partial charge in [0.15, 0.2) is 0 Å². The van der Waals surface area contributed by atoms with E-state index in [1.807, 2.05) is 57.3 Å². The average molecular weight is 462 g/mol. The number of rotatable bonds is 7. The number of amidine groups is 1. The maximum Gasteiger partial charge on any atom is 0.265 e. The quantitative estimate of drug-likeness (QED) is 0.465. The number of aliphatic hydroxyl groups is 1. The van der Waals surface area contributed by atoms with Gasteiger partial charge < -0.3 is 21.5 Å². The third-order valence-corrected chi connectivity index (χ3v) is 5.34. The van der Waals surface area contributed by atoms with Crippen LogP contribution in [0.5, 0.6) is 0 Å².